The van der Waals surface area contributed by atoms with Gasteiger partial charge in [0.05, 0.1) is 17.1 Å². The van der Waals surface area contributed by atoms with Crippen LogP contribution in [0.5, 0.6) is 0 Å². The van der Waals surface area contributed by atoms with Crippen LogP contribution >= 0.6 is 0 Å². The van der Waals surface area contributed by atoms with E-state index in [0.29, 0.717) is 5.69 Å². The molecule has 0 aliphatic carbocycles. The maximum atomic E-state index is 12.3. The number of imidazole rings is 1. The van der Waals surface area contributed by atoms with E-state index in [1.807, 2.05) is 54.9 Å². The third kappa shape index (κ3) is 3.43. The van der Waals surface area contributed by atoms with Crippen molar-refractivity contribution in [2.45, 2.75) is 31.7 Å². The summed E-state index contributed by atoms with van der Waals surface area (Å²) in [4.78, 5) is 4.71. The summed E-state index contributed by atoms with van der Waals surface area (Å²) in [6, 6.07) is 10.9. The van der Waals surface area contributed by atoms with E-state index in [4.69, 9.17) is 0 Å². The molecule has 0 radical (unpaired) electrons. The second-order valence-electron chi connectivity index (χ2n) is 5.52. The maximum absolute atomic E-state index is 12.3. The lowest BCUT2D eigenvalue weighted by Crippen LogP contribution is -2.23. The topological polar surface area (TPSA) is 63.5 Å². The van der Waals surface area contributed by atoms with E-state index < -0.39 is 10.0 Å². The van der Waals surface area contributed by atoms with Gasteiger partial charge in [0.25, 0.3) is 0 Å². The van der Waals surface area contributed by atoms with Crippen molar-refractivity contribution in [3.8, 4) is 0 Å². The number of sulfonamides is 1. The van der Waals surface area contributed by atoms with Crippen LogP contribution in [-0.4, -0.2) is 17.8 Å². The summed E-state index contributed by atoms with van der Waals surface area (Å²) in [6.45, 7) is 4.20. The molecule has 6 heteroatoms. The van der Waals surface area contributed by atoms with Crippen LogP contribution in [0.4, 0.5) is 0 Å². The maximum Gasteiger partial charge on any atom is 0.240 e. The summed E-state index contributed by atoms with van der Waals surface area (Å²) in [5, 5.41) is 0. The highest BCUT2D eigenvalue weighted by Crippen LogP contribution is 2.12. The molecular formula is C17H19N3O2S. The number of fused-ring (bicyclic) bond motifs is 1. The van der Waals surface area contributed by atoms with Crippen LogP contribution in [0.15, 0.2) is 53.7 Å². The van der Waals surface area contributed by atoms with Gasteiger partial charge in [0, 0.05) is 12.4 Å². The molecule has 0 amide bonds. The second kappa shape index (κ2) is 6.14. The Morgan fingerprint density at radius 2 is 1.91 bits per heavy atom. The zero-order chi connectivity index (χ0) is 16.4. The molecule has 3 aromatic rings. The number of aromatic nitrogens is 2. The van der Waals surface area contributed by atoms with E-state index in [1.54, 1.807) is 12.1 Å². The van der Waals surface area contributed by atoms with Gasteiger partial charge in [-0.05, 0) is 48.7 Å². The van der Waals surface area contributed by atoms with Crippen molar-refractivity contribution in [2.24, 2.45) is 0 Å². The van der Waals surface area contributed by atoms with E-state index in [0.717, 1.165) is 23.2 Å². The molecule has 0 unspecified atom stereocenters. The molecule has 0 bridgehead atoms. The summed E-state index contributed by atoms with van der Waals surface area (Å²) < 4.78 is 29.1. The normalized spacial score (nSPS) is 11.9. The lowest BCUT2D eigenvalue weighted by Gasteiger charge is -2.06. The molecule has 0 fully saturated rings. The molecule has 2 aromatic heterocycles. The average molecular weight is 329 g/mol. The van der Waals surface area contributed by atoms with Crippen LogP contribution in [-0.2, 0) is 23.0 Å². The quantitative estimate of drug-likeness (QED) is 0.783. The predicted octanol–water partition coefficient (Wildman–Crippen LogP) is 2.68. The Bertz CT molecular complexity index is 928. The van der Waals surface area contributed by atoms with Crippen LogP contribution in [0.3, 0.4) is 0 Å². The van der Waals surface area contributed by atoms with Crippen LogP contribution in [0.25, 0.3) is 5.65 Å². The van der Waals surface area contributed by atoms with Gasteiger partial charge in [0.15, 0.2) is 0 Å². The monoisotopic (exact) mass is 329 g/mol. The highest BCUT2D eigenvalue weighted by molar-refractivity contribution is 7.89. The summed E-state index contributed by atoms with van der Waals surface area (Å²) in [5.41, 5.74) is 3.72. The molecule has 120 valence electrons. The zero-order valence-corrected chi connectivity index (χ0v) is 14.0. The minimum Gasteiger partial charge on any atom is -0.307 e. The Labute approximate surface area is 136 Å². The Kier molecular flexibility index (Phi) is 4.19. The summed E-state index contributed by atoms with van der Waals surface area (Å²) >= 11 is 0. The molecule has 3 rings (SSSR count). The number of benzene rings is 1. The van der Waals surface area contributed by atoms with Crippen LogP contribution in [0, 0.1) is 6.92 Å². The summed E-state index contributed by atoms with van der Waals surface area (Å²) in [7, 11) is -3.53. The lowest BCUT2D eigenvalue weighted by atomic mass is 10.2. The molecule has 23 heavy (non-hydrogen) atoms. The van der Waals surface area contributed by atoms with Crippen molar-refractivity contribution in [1.82, 2.24) is 14.1 Å². The van der Waals surface area contributed by atoms with E-state index in [9.17, 15) is 8.42 Å². The van der Waals surface area contributed by atoms with Crippen LogP contribution < -0.4 is 4.72 Å². The molecule has 0 aliphatic heterocycles. The molecule has 0 aliphatic rings. The van der Waals surface area contributed by atoms with Crippen molar-refractivity contribution in [1.29, 1.82) is 0 Å². The van der Waals surface area contributed by atoms with Crippen molar-refractivity contribution >= 4 is 15.7 Å². The fraction of sp³-hybridized carbons (Fsp3) is 0.235. The smallest absolute Gasteiger partial charge is 0.240 e. The molecule has 1 N–H and O–H groups in total. The highest BCUT2D eigenvalue weighted by Gasteiger charge is 2.14. The van der Waals surface area contributed by atoms with E-state index >= 15 is 0 Å². The summed E-state index contributed by atoms with van der Waals surface area (Å²) in [6.07, 6.45) is 4.63. The van der Waals surface area contributed by atoms with Crippen LogP contribution in [0.1, 0.15) is 23.7 Å². The number of hydrogen-bond acceptors (Lipinski definition) is 3. The Balaban J connectivity index is 1.77. The van der Waals surface area contributed by atoms with Gasteiger partial charge in [-0.1, -0.05) is 19.1 Å². The molecule has 2 heterocycles. The van der Waals surface area contributed by atoms with Crippen LogP contribution in [0.2, 0.25) is 0 Å². The lowest BCUT2D eigenvalue weighted by molar-refractivity contribution is 0.580. The second-order valence-corrected chi connectivity index (χ2v) is 7.29. The minimum absolute atomic E-state index is 0.165. The number of nitrogens with one attached hydrogen (secondary N) is 1. The zero-order valence-electron chi connectivity index (χ0n) is 13.2. The van der Waals surface area contributed by atoms with Gasteiger partial charge in [-0.3, -0.25) is 0 Å². The third-order valence-corrected chi connectivity index (χ3v) is 5.17. The molecule has 1 aromatic carbocycles. The van der Waals surface area contributed by atoms with Gasteiger partial charge < -0.3 is 4.40 Å². The Morgan fingerprint density at radius 3 is 2.61 bits per heavy atom. The standard InChI is InChI=1S/C17H19N3O2S/c1-3-14-4-6-16(7-5-14)23(21,22)18-11-15-12-20-9-8-13(2)10-17(20)19-15/h4-10,12,18H,3,11H2,1-2H3. The molecule has 0 saturated heterocycles. The predicted molar refractivity (Wildman–Crippen MR) is 89.8 cm³/mol. The van der Waals surface area contributed by atoms with E-state index in [2.05, 4.69) is 9.71 Å². The molecule has 0 atom stereocenters. The van der Waals surface area contributed by atoms with Gasteiger partial charge in [-0.25, -0.2) is 18.1 Å². The van der Waals surface area contributed by atoms with Gasteiger partial charge in [0.2, 0.25) is 10.0 Å². The fourth-order valence-electron chi connectivity index (χ4n) is 2.38. The van der Waals surface area contributed by atoms with Gasteiger partial charge in [0.1, 0.15) is 5.65 Å². The summed E-state index contributed by atoms with van der Waals surface area (Å²) in [5.74, 6) is 0. The molecule has 5 nitrogen and oxygen atoms in total. The first-order valence-corrected chi connectivity index (χ1v) is 8.99. The Morgan fingerprint density at radius 1 is 1.17 bits per heavy atom. The van der Waals surface area contributed by atoms with Gasteiger partial charge in [-0.2, -0.15) is 0 Å². The number of aryl methyl sites for hydroxylation is 2. The van der Waals surface area contributed by atoms with E-state index in [-0.39, 0.29) is 11.4 Å². The first-order valence-electron chi connectivity index (χ1n) is 7.51. The van der Waals surface area contributed by atoms with Gasteiger partial charge in [-0.15, -0.1) is 0 Å². The third-order valence-electron chi connectivity index (χ3n) is 3.75. The highest BCUT2D eigenvalue weighted by atomic mass is 32.2. The Hall–Kier alpha value is -2.18. The molecular weight excluding hydrogens is 310 g/mol. The van der Waals surface area contributed by atoms with Crippen molar-refractivity contribution in [2.75, 3.05) is 0 Å². The first kappa shape index (κ1) is 15.7. The molecule has 0 spiro atoms. The fourth-order valence-corrected chi connectivity index (χ4v) is 3.38. The van der Waals surface area contributed by atoms with E-state index in [1.165, 1.54) is 0 Å². The van der Waals surface area contributed by atoms with Crippen molar-refractivity contribution in [3.05, 3.63) is 65.6 Å². The van der Waals surface area contributed by atoms with Crippen molar-refractivity contribution < 1.29 is 8.42 Å². The largest absolute Gasteiger partial charge is 0.307 e. The van der Waals surface area contributed by atoms with Gasteiger partial charge >= 0.3 is 0 Å². The SMILES string of the molecule is CCc1ccc(S(=O)(=O)NCc2cn3ccc(C)cc3n2)cc1. The van der Waals surface area contributed by atoms with Crippen molar-refractivity contribution in [3.63, 3.8) is 0 Å². The minimum atomic E-state index is -3.53. The number of hydrogen-bond donors (Lipinski definition) is 1. The number of nitrogens with zero attached hydrogens (tertiary/aromatic N) is 2. The average Bonchev–Trinajstić information content (AvgIpc) is 2.95. The first-order chi connectivity index (χ1) is 11.0. The number of pyridine rings is 1. The molecule has 0 saturated carbocycles. The number of rotatable bonds is 5.